The summed E-state index contributed by atoms with van der Waals surface area (Å²) in [6.07, 6.45) is 0. The van der Waals surface area contributed by atoms with Crippen molar-refractivity contribution in [3.63, 3.8) is 0 Å². The fourth-order valence-electron chi connectivity index (χ4n) is 2.41. The fraction of sp³-hybridized carbons (Fsp3) is 0.588. The van der Waals surface area contributed by atoms with Crippen molar-refractivity contribution >= 4 is 11.6 Å². The van der Waals surface area contributed by atoms with Crippen LogP contribution in [0.1, 0.15) is 41.7 Å². The van der Waals surface area contributed by atoms with Crippen molar-refractivity contribution in [3.05, 3.63) is 27.8 Å². The number of anilines is 1. The number of rotatable bonds is 6. The fourth-order valence-corrected chi connectivity index (χ4v) is 2.41. The third kappa shape index (κ3) is 3.76. The zero-order valence-electron chi connectivity index (χ0n) is 14.4. The number of benzene rings is 1. The minimum Gasteiger partial charge on any atom is -0.383 e. The van der Waals surface area contributed by atoms with Crippen molar-refractivity contribution in [1.82, 2.24) is 5.32 Å². The summed E-state index contributed by atoms with van der Waals surface area (Å²) in [5, 5.41) is 6.66. The average molecular weight is 291 g/mol. The van der Waals surface area contributed by atoms with Gasteiger partial charge in [-0.3, -0.25) is 4.79 Å². The van der Waals surface area contributed by atoms with Crippen molar-refractivity contribution < 1.29 is 4.79 Å². The van der Waals surface area contributed by atoms with E-state index < -0.39 is 5.54 Å². The van der Waals surface area contributed by atoms with Crippen LogP contribution in [0, 0.1) is 34.6 Å². The molecule has 0 saturated carbocycles. The van der Waals surface area contributed by atoms with Gasteiger partial charge in [-0.1, -0.05) is 0 Å². The zero-order chi connectivity index (χ0) is 16.4. The Hall–Kier alpha value is -1.55. The molecule has 0 atom stereocenters. The van der Waals surface area contributed by atoms with E-state index in [-0.39, 0.29) is 5.91 Å². The minimum absolute atomic E-state index is 0.336. The minimum atomic E-state index is -0.676. The maximum atomic E-state index is 11.3. The smallest absolute Gasteiger partial charge is 0.237 e. The molecule has 1 amide bonds. The lowest BCUT2D eigenvalue weighted by atomic mass is 9.93. The number of nitrogens with two attached hydrogens (primary N) is 1. The first-order valence-electron chi connectivity index (χ1n) is 7.45. The molecule has 4 nitrogen and oxygen atoms in total. The normalized spacial score (nSPS) is 11.6. The molecule has 0 unspecified atom stereocenters. The van der Waals surface area contributed by atoms with Crippen molar-refractivity contribution in [2.24, 2.45) is 5.73 Å². The quantitative estimate of drug-likeness (QED) is 0.705. The monoisotopic (exact) mass is 291 g/mol. The molecule has 1 aromatic carbocycles. The van der Waals surface area contributed by atoms with Crippen LogP contribution in [0.4, 0.5) is 5.69 Å². The van der Waals surface area contributed by atoms with Crippen molar-refractivity contribution in [1.29, 1.82) is 0 Å². The van der Waals surface area contributed by atoms with E-state index in [4.69, 9.17) is 5.73 Å². The Bertz CT molecular complexity index is 518. The van der Waals surface area contributed by atoms with E-state index in [9.17, 15) is 4.79 Å². The van der Waals surface area contributed by atoms with Gasteiger partial charge in [-0.15, -0.1) is 0 Å². The van der Waals surface area contributed by atoms with E-state index in [0.717, 1.165) is 6.54 Å². The molecule has 21 heavy (non-hydrogen) atoms. The van der Waals surface area contributed by atoms with Gasteiger partial charge in [-0.05, 0) is 76.3 Å². The van der Waals surface area contributed by atoms with Gasteiger partial charge in [0.2, 0.25) is 5.91 Å². The van der Waals surface area contributed by atoms with Crippen LogP contribution in [-0.2, 0) is 4.79 Å². The van der Waals surface area contributed by atoms with Crippen LogP contribution in [0.15, 0.2) is 0 Å². The molecule has 0 aromatic heterocycles. The number of nitrogens with one attached hydrogen (secondary N) is 2. The molecule has 118 valence electrons. The number of amides is 1. The second-order valence-electron chi connectivity index (χ2n) is 6.34. The first-order chi connectivity index (χ1) is 9.59. The van der Waals surface area contributed by atoms with E-state index in [0.29, 0.717) is 6.54 Å². The topological polar surface area (TPSA) is 67.2 Å². The lowest BCUT2D eigenvalue weighted by molar-refractivity contribution is -0.123. The van der Waals surface area contributed by atoms with E-state index in [1.165, 1.54) is 33.5 Å². The van der Waals surface area contributed by atoms with Gasteiger partial charge in [-0.25, -0.2) is 0 Å². The second kappa shape index (κ2) is 6.48. The van der Waals surface area contributed by atoms with Crippen LogP contribution in [0.25, 0.3) is 0 Å². The highest BCUT2D eigenvalue weighted by molar-refractivity contribution is 5.83. The molecule has 0 heterocycles. The molecule has 0 aliphatic heterocycles. The van der Waals surface area contributed by atoms with Gasteiger partial charge in [-0.2, -0.15) is 0 Å². The molecule has 0 bridgehead atoms. The van der Waals surface area contributed by atoms with Crippen molar-refractivity contribution in [2.45, 2.75) is 54.0 Å². The molecular weight excluding hydrogens is 262 g/mol. The molecule has 0 saturated heterocycles. The van der Waals surface area contributed by atoms with Crippen LogP contribution in [0.2, 0.25) is 0 Å². The SMILES string of the molecule is Cc1c(C)c(C)c(NCCNC(C)(C)C(N)=O)c(C)c1C. The lowest BCUT2D eigenvalue weighted by Gasteiger charge is -2.24. The number of hydrogen-bond acceptors (Lipinski definition) is 3. The van der Waals surface area contributed by atoms with Crippen molar-refractivity contribution in [3.8, 4) is 0 Å². The molecule has 0 aliphatic rings. The van der Waals surface area contributed by atoms with E-state index in [1.807, 2.05) is 0 Å². The Kier molecular flexibility index (Phi) is 5.40. The van der Waals surface area contributed by atoms with Gasteiger partial charge >= 0.3 is 0 Å². The maximum absolute atomic E-state index is 11.3. The summed E-state index contributed by atoms with van der Waals surface area (Å²) < 4.78 is 0. The predicted octanol–water partition coefficient (Wildman–Crippen LogP) is 2.49. The highest BCUT2D eigenvalue weighted by Gasteiger charge is 2.23. The summed E-state index contributed by atoms with van der Waals surface area (Å²) in [4.78, 5) is 11.3. The molecule has 1 aromatic rings. The standard InChI is InChI=1S/C17H29N3O/c1-10-11(2)13(4)15(14(5)12(10)3)19-8-9-20-17(6,7)16(18)21/h19-20H,8-9H2,1-7H3,(H2,18,21). The molecule has 0 spiro atoms. The lowest BCUT2D eigenvalue weighted by Crippen LogP contribution is -2.51. The second-order valence-corrected chi connectivity index (χ2v) is 6.34. The van der Waals surface area contributed by atoms with Crippen molar-refractivity contribution in [2.75, 3.05) is 18.4 Å². The third-order valence-corrected chi connectivity index (χ3v) is 4.61. The maximum Gasteiger partial charge on any atom is 0.237 e. The zero-order valence-corrected chi connectivity index (χ0v) is 14.4. The van der Waals surface area contributed by atoms with Gasteiger partial charge < -0.3 is 16.4 Å². The molecule has 1 rings (SSSR count). The largest absolute Gasteiger partial charge is 0.383 e. The molecule has 0 fully saturated rings. The first-order valence-corrected chi connectivity index (χ1v) is 7.45. The molecular formula is C17H29N3O. The van der Waals surface area contributed by atoms with Crippen LogP contribution in [-0.4, -0.2) is 24.5 Å². The summed E-state index contributed by atoms with van der Waals surface area (Å²) in [5.41, 5.74) is 12.5. The van der Waals surface area contributed by atoms with Crippen LogP contribution >= 0.6 is 0 Å². The van der Waals surface area contributed by atoms with Gasteiger partial charge in [0.15, 0.2) is 0 Å². The van der Waals surface area contributed by atoms with Gasteiger partial charge in [0, 0.05) is 18.8 Å². The molecule has 0 aliphatic carbocycles. The highest BCUT2D eigenvalue weighted by atomic mass is 16.1. The van der Waals surface area contributed by atoms with Gasteiger partial charge in [0.1, 0.15) is 0 Å². The number of carbonyl (C=O) groups excluding carboxylic acids is 1. The molecule has 4 heteroatoms. The van der Waals surface area contributed by atoms with Gasteiger partial charge in [0.25, 0.3) is 0 Å². The highest BCUT2D eigenvalue weighted by Crippen LogP contribution is 2.29. The summed E-state index contributed by atoms with van der Waals surface area (Å²) in [7, 11) is 0. The Morgan fingerprint density at radius 2 is 1.33 bits per heavy atom. The van der Waals surface area contributed by atoms with E-state index >= 15 is 0 Å². The number of hydrogen-bond donors (Lipinski definition) is 3. The predicted molar refractivity (Wildman–Crippen MR) is 89.9 cm³/mol. The Labute approximate surface area is 128 Å². The summed E-state index contributed by atoms with van der Waals surface area (Å²) in [6.45, 7) is 15.8. The Balaban J connectivity index is 2.76. The van der Waals surface area contributed by atoms with Crippen LogP contribution in [0.5, 0.6) is 0 Å². The van der Waals surface area contributed by atoms with E-state index in [2.05, 4.69) is 45.3 Å². The summed E-state index contributed by atoms with van der Waals surface area (Å²) in [5.74, 6) is -0.336. The van der Waals surface area contributed by atoms with E-state index in [1.54, 1.807) is 13.8 Å². The molecule has 0 radical (unpaired) electrons. The number of carbonyl (C=O) groups is 1. The summed E-state index contributed by atoms with van der Waals surface area (Å²) >= 11 is 0. The number of primary amides is 1. The first kappa shape index (κ1) is 17.5. The third-order valence-electron chi connectivity index (χ3n) is 4.61. The average Bonchev–Trinajstić information content (AvgIpc) is 2.42. The molecule has 4 N–H and O–H groups in total. The summed E-state index contributed by atoms with van der Waals surface area (Å²) in [6, 6.07) is 0. The van der Waals surface area contributed by atoms with Crippen LogP contribution in [0.3, 0.4) is 0 Å². The Morgan fingerprint density at radius 1 is 0.905 bits per heavy atom. The van der Waals surface area contributed by atoms with Crippen LogP contribution < -0.4 is 16.4 Å². The van der Waals surface area contributed by atoms with Gasteiger partial charge in [0.05, 0.1) is 5.54 Å². The Morgan fingerprint density at radius 3 is 1.76 bits per heavy atom.